The van der Waals surface area contributed by atoms with Crippen molar-refractivity contribution in [3.63, 3.8) is 0 Å². The fraction of sp³-hybridized carbons (Fsp3) is 0.208. The second kappa shape index (κ2) is 8.72. The molecule has 4 rings (SSSR count). The smallest absolute Gasteiger partial charge is 0.295 e. The maximum absolute atomic E-state index is 13.4. The van der Waals surface area contributed by atoms with Crippen LogP contribution in [-0.4, -0.2) is 17.6 Å². The molecule has 9 heteroatoms. The molecule has 0 aliphatic heterocycles. The van der Waals surface area contributed by atoms with Gasteiger partial charge in [0.2, 0.25) is 0 Å². The molecule has 0 amide bonds. The second-order valence-electron chi connectivity index (χ2n) is 8.12. The van der Waals surface area contributed by atoms with Gasteiger partial charge in [0, 0.05) is 23.9 Å². The van der Waals surface area contributed by atoms with E-state index in [1.807, 2.05) is 13.8 Å². The number of imidazole rings is 1. The number of halogens is 1. The van der Waals surface area contributed by atoms with E-state index in [-0.39, 0.29) is 22.3 Å². The fourth-order valence-electron chi connectivity index (χ4n) is 3.56. The molecule has 0 saturated carbocycles. The summed E-state index contributed by atoms with van der Waals surface area (Å²) in [5, 5.41) is 0. The van der Waals surface area contributed by atoms with Gasteiger partial charge in [0.25, 0.3) is 10.0 Å². The third-order valence-corrected chi connectivity index (χ3v) is 7.96. The van der Waals surface area contributed by atoms with Gasteiger partial charge >= 0.3 is 5.69 Å². The lowest BCUT2D eigenvalue weighted by molar-refractivity contribution is 0.601. The first-order chi connectivity index (χ1) is 15.6. The zero-order valence-electron chi connectivity index (χ0n) is 18.7. The van der Waals surface area contributed by atoms with Crippen molar-refractivity contribution in [1.82, 2.24) is 9.13 Å². The van der Waals surface area contributed by atoms with Crippen LogP contribution in [0.5, 0.6) is 0 Å². The Labute approximate surface area is 196 Å². The lowest BCUT2D eigenvalue weighted by Gasteiger charge is -2.14. The molecule has 0 radical (unpaired) electrons. The van der Waals surface area contributed by atoms with E-state index in [9.17, 15) is 17.6 Å². The molecule has 1 aromatic heterocycles. The van der Waals surface area contributed by atoms with Gasteiger partial charge in [0.05, 0.1) is 21.6 Å². The van der Waals surface area contributed by atoms with Gasteiger partial charge in [-0.1, -0.05) is 37.7 Å². The molecule has 0 bridgehead atoms. The number of hydrogen-bond acceptors (Lipinski definition) is 4. The highest BCUT2D eigenvalue weighted by Gasteiger charge is 2.20. The van der Waals surface area contributed by atoms with Crippen LogP contribution in [0.3, 0.4) is 0 Å². The first kappa shape index (κ1) is 23.1. The normalized spacial score (nSPS) is 11.9. The lowest BCUT2D eigenvalue weighted by Crippen LogP contribution is -2.19. The van der Waals surface area contributed by atoms with Crippen molar-refractivity contribution in [1.29, 1.82) is 0 Å². The van der Waals surface area contributed by atoms with Gasteiger partial charge < -0.3 is 0 Å². The van der Waals surface area contributed by atoms with Gasteiger partial charge in [-0.3, -0.25) is 13.9 Å². The predicted octanol–water partition coefficient (Wildman–Crippen LogP) is 5.09. The van der Waals surface area contributed by atoms with E-state index in [4.69, 9.17) is 0 Å². The monoisotopic (exact) mass is 485 g/mol. The molecule has 0 fully saturated rings. The van der Waals surface area contributed by atoms with Crippen LogP contribution in [0.4, 0.5) is 10.1 Å². The summed E-state index contributed by atoms with van der Waals surface area (Å²) in [7, 11) is -0.577. The molecular weight excluding hydrogens is 461 g/mol. The van der Waals surface area contributed by atoms with Crippen LogP contribution in [0.15, 0.2) is 80.1 Å². The van der Waals surface area contributed by atoms with Crippen molar-refractivity contribution in [2.24, 2.45) is 14.1 Å². The van der Waals surface area contributed by atoms with Gasteiger partial charge in [0.1, 0.15) is 5.82 Å². The molecule has 0 aliphatic rings. The molecule has 1 heterocycles. The lowest BCUT2D eigenvalue weighted by atomic mass is 10.0. The van der Waals surface area contributed by atoms with E-state index in [0.717, 1.165) is 10.5 Å². The average Bonchev–Trinajstić information content (AvgIpc) is 2.99. The van der Waals surface area contributed by atoms with Crippen LogP contribution in [0.1, 0.15) is 25.3 Å². The summed E-state index contributed by atoms with van der Waals surface area (Å²) in [6, 6.07) is 16.1. The highest BCUT2D eigenvalue weighted by molar-refractivity contribution is 7.99. The standard InChI is InChI=1S/C24H24FN3O3S2/c1-15(2)16-5-11-19(12-6-16)33(30,31)26-20-13-21-22(28(4)24(29)27(21)3)14-23(20)32-18-9-7-17(25)8-10-18/h5-15,26H,1-4H3. The van der Waals surface area contributed by atoms with E-state index in [0.29, 0.717) is 21.6 Å². The minimum Gasteiger partial charge on any atom is -0.295 e. The van der Waals surface area contributed by atoms with Crippen LogP contribution >= 0.6 is 11.8 Å². The van der Waals surface area contributed by atoms with Crippen molar-refractivity contribution in [3.8, 4) is 0 Å². The molecule has 172 valence electrons. The molecular formula is C24H24FN3O3S2. The van der Waals surface area contributed by atoms with E-state index >= 15 is 0 Å². The van der Waals surface area contributed by atoms with E-state index < -0.39 is 10.0 Å². The Bertz CT molecular complexity index is 1490. The number of nitrogens with zero attached hydrogens (tertiary/aromatic N) is 2. The molecule has 6 nitrogen and oxygen atoms in total. The molecule has 0 unspecified atom stereocenters. The minimum absolute atomic E-state index is 0.145. The van der Waals surface area contributed by atoms with Crippen LogP contribution in [0.25, 0.3) is 11.0 Å². The van der Waals surface area contributed by atoms with E-state index in [1.165, 1.54) is 33.0 Å². The summed E-state index contributed by atoms with van der Waals surface area (Å²) in [5.41, 5.74) is 2.43. The predicted molar refractivity (Wildman–Crippen MR) is 130 cm³/mol. The minimum atomic E-state index is -3.88. The molecule has 1 N–H and O–H groups in total. The molecule has 3 aromatic carbocycles. The maximum Gasteiger partial charge on any atom is 0.328 e. The topological polar surface area (TPSA) is 73.1 Å². The summed E-state index contributed by atoms with van der Waals surface area (Å²) in [6.07, 6.45) is 0. The Morgan fingerprint density at radius 1 is 0.909 bits per heavy atom. The Morgan fingerprint density at radius 2 is 1.48 bits per heavy atom. The molecule has 0 spiro atoms. The molecule has 4 aromatic rings. The quantitative estimate of drug-likeness (QED) is 0.413. The van der Waals surface area contributed by atoms with Crippen molar-refractivity contribution in [2.75, 3.05) is 4.72 Å². The maximum atomic E-state index is 13.4. The molecule has 0 aliphatic carbocycles. The Kier molecular flexibility index (Phi) is 6.11. The third-order valence-electron chi connectivity index (χ3n) is 5.52. The van der Waals surface area contributed by atoms with Gasteiger partial charge in [-0.05, 0) is 60.0 Å². The highest BCUT2D eigenvalue weighted by atomic mass is 32.2. The fourth-order valence-corrected chi connectivity index (χ4v) is 5.61. The Balaban J connectivity index is 1.81. The SMILES string of the molecule is CC(C)c1ccc(S(=O)(=O)Nc2cc3c(cc2Sc2ccc(F)cc2)n(C)c(=O)n3C)cc1. The Morgan fingerprint density at radius 3 is 2.06 bits per heavy atom. The molecule has 33 heavy (non-hydrogen) atoms. The summed E-state index contributed by atoms with van der Waals surface area (Å²) in [5.74, 6) is -0.0683. The van der Waals surface area contributed by atoms with Gasteiger partial charge in [-0.2, -0.15) is 0 Å². The number of rotatable bonds is 6. The zero-order chi connectivity index (χ0) is 23.9. The number of aromatic nitrogens is 2. The molecule has 0 saturated heterocycles. The Hall–Kier alpha value is -3.04. The van der Waals surface area contributed by atoms with Crippen LogP contribution in [0, 0.1) is 5.82 Å². The first-order valence-electron chi connectivity index (χ1n) is 10.3. The molecule has 0 atom stereocenters. The van der Waals surface area contributed by atoms with E-state index in [2.05, 4.69) is 4.72 Å². The summed E-state index contributed by atoms with van der Waals surface area (Å²) in [6.45, 7) is 4.08. The first-order valence-corrected chi connectivity index (χ1v) is 12.6. The number of sulfonamides is 1. The van der Waals surface area contributed by atoms with Crippen LogP contribution < -0.4 is 10.4 Å². The van der Waals surface area contributed by atoms with Crippen LogP contribution in [-0.2, 0) is 24.1 Å². The van der Waals surface area contributed by atoms with Gasteiger partial charge in [0.15, 0.2) is 0 Å². The van der Waals surface area contributed by atoms with Crippen molar-refractivity contribution in [2.45, 2.75) is 34.5 Å². The number of anilines is 1. The van der Waals surface area contributed by atoms with Crippen molar-refractivity contribution < 1.29 is 12.8 Å². The average molecular weight is 486 g/mol. The second-order valence-corrected chi connectivity index (χ2v) is 10.9. The van der Waals surface area contributed by atoms with Crippen molar-refractivity contribution >= 4 is 38.5 Å². The number of fused-ring (bicyclic) bond motifs is 1. The van der Waals surface area contributed by atoms with Crippen LogP contribution in [0.2, 0.25) is 0 Å². The number of nitrogens with one attached hydrogen (secondary N) is 1. The van der Waals surface area contributed by atoms with Gasteiger partial charge in [-0.25, -0.2) is 17.6 Å². The van der Waals surface area contributed by atoms with Crippen molar-refractivity contribution in [3.05, 3.63) is 82.5 Å². The number of benzene rings is 3. The number of hydrogen-bond donors (Lipinski definition) is 1. The zero-order valence-corrected chi connectivity index (χ0v) is 20.3. The largest absolute Gasteiger partial charge is 0.328 e. The van der Waals surface area contributed by atoms with Gasteiger partial charge in [-0.15, -0.1) is 0 Å². The highest BCUT2D eigenvalue weighted by Crippen LogP contribution is 2.37. The third kappa shape index (κ3) is 4.56. The summed E-state index contributed by atoms with van der Waals surface area (Å²) < 4.78 is 45.4. The number of aryl methyl sites for hydroxylation is 2. The summed E-state index contributed by atoms with van der Waals surface area (Å²) in [4.78, 5) is 13.9. The van der Waals surface area contributed by atoms with E-state index in [1.54, 1.807) is 62.6 Å². The summed E-state index contributed by atoms with van der Waals surface area (Å²) >= 11 is 1.29.